The van der Waals surface area contributed by atoms with Crippen molar-refractivity contribution in [2.75, 3.05) is 43.0 Å². The van der Waals surface area contributed by atoms with Crippen LogP contribution in [0.2, 0.25) is 0 Å². The number of amides is 1. The number of β-amino-alcohol motifs (C(OH)–C–C–N with tert-alkyl or cyclic N) is 1. The number of aliphatic hydroxyl groups is 1. The average molecular weight is 522 g/mol. The molecule has 0 spiro atoms. The number of benzene rings is 1. The van der Waals surface area contributed by atoms with E-state index in [1.807, 2.05) is 34.0 Å². The molecule has 4 aromatic rings. The van der Waals surface area contributed by atoms with E-state index in [1.165, 1.54) is 23.5 Å². The number of hydrogen-bond acceptors (Lipinski definition) is 8. The van der Waals surface area contributed by atoms with Crippen molar-refractivity contribution in [2.24, 2.45) is 5.92 Å². The average Bonchev–Trinajstić information content (AvgIpc) is 3.61. The Hall–Kier alpha value is -3.57. The number of halogens is 1. The van der Waals surface area contributed by atoms with Crippen LogP contribution in [-0.2, 0) is 11.2 Å². The van der Waals surface area contributed by atoms with Gasteiger partial charge < -0.3 is 19.8 Å². The van der Waals surface area contributed by atoms with Crippen molar-refractivity contribution < 1.29 is 14.3 Å². The fraction of sp³-hybridized carbons (Fsp3) is 0.385. The van der Waals surface area contributed by atoms with E-state index < -0.39 is 6.10 Å². The summed E-state index contributed by atoms with van der Waals surface area (Å²) in [5, 5.41) is 17.4. The number of hydrogen-bond donors (Lipinski definition) is 1. The topological polar surface area (TPSA) is 90.1 Å². The van der Waals surface area contributed by atoms with Crippen molar-refractivity contribution >= 4 is 39.7 Å². The van der Waals surface area contributed by atoms with Gasteiger partial charge in [0.1, 0.15) is 11.6 Å². The van der Waals surface area contributed by atoms with E-state index in [0.29, 0.717) is 32.6 Å². The third kappa shape index (κ3) is 4.31. The molecule has 5 heterocycles. The maximum absolute atomic E-state index is 13.3. The molecular weight excluding hydrogens is 493 g/mol. The van der Waals surface area contributed by atoms with Gasteiger partial charge in [-0.05, 0) is 49.2 Å². The van der Waals surface area contributed by atoms with Gasteiger partial charge in [-0.1, -0.05) is 6.92 Å². The zero-order chi connectivity index (χ0) is 25.7. The molecule has 37 heavy (non-hydrogen) atoms. The summed E-state index contributed by atoms with van der Waals surface area (Å²) < 4.78 is 15.2. The van der Waals surface area contributed by atoms with Crippen LogP contribution < -0.4 is 9.80 Å². The predicted octanol–water partition coefficient (Wildman–Crippen LogP) is 3.35. The third-order valence-corrected chi connectivity index (χ3v) is 8.03. The molecule has 192 valence electrons. The molecule has 2 fully saturated rings. The zero-order valence-electron chi connectivity index (χ0n) is 20.7. The molecule has 0 radical (unpaired) electrons. The molecule has 2 aliphatic heterocycles. The molecule has 0 saturated carbocycles. The molecule has 1 aromatic carbocycles. The van der Waals surface area contributed by atoms with Crippen molar-refractivity contribution in [1.29, 1.82) is 0 Å². The second-order valence-corrected chi connectivity index (χ2v) is 10.4. The molecule has 2 saturated heterocycles. The third-order valence-electron chi connectivity index (χ3n) is 7.11. The Labute approximate surface area is 217 Å². The second-order valence-electron chi connectivity index (χ2n) is 9.61. The maximum Gasteiger partial charge on any atom is 0.229 e. The maximum atomic E-state index is 13.3. The Kier molecular flexibility index (Phi) is 6.04. The van der Waals surface area contributed by atoms with Crippen LogP contribution in [0, 0.1) is 11.7 Å². The van der Waals surface area contributed by atoms with E-state index in [4.69, 9.17) is 15.1 Å². The summed E-state index contributed by atoms with van der Waals surface area (Å²) in [4.78, 5) is 28.2. The number of carbonyl (C=O) groups excluding carboxylic acids is 1. The summed E-state index contributed by atoms with van der Waals surface area (Å²) in [6.07, 6.45) is 0.983. The van der Waals surface area contributed by atoms with Gasteiger partial charge in [-0.25, -0.2) is 14.4 Å². The van der Waals surface area contributed by atoms with Crippen molar-refractivity contribution in [2.45, 2.75) is 25.9 Å². The molecule has 1 N–H and O–H groups in total. The van der Waals surface area contributed by atoms with Gasteiger partial charge in [-0.3, -0.25) is 4.79 Å². The number of carbonyl (C=O) groups is 1. The minimum atomic E-state index is -0.404. The summed E-state index contributed by atoms with van der Waals surface area (Å²) in [6.45, 7) is 4.34. The van der Waals surface area contributed by atoms with Gasteiger partial charge in [0.15, 0.2) is 16.6 Å². The minimum absolute atomic E-state index is 0.0702. The summed E-state index contributed by atoms with van der Waals surface area (Å²) in [7, 11) is 1.95. The first-order chi connectivity index (χ1) is 17.9. The number of anilines is 3. The van der Waals surface area contributed by atoms with E-state index in [-0.39, 0.29) is 17.6 Å². The molecule has 0 bridgehead atoms. The number of rotatable bonds is 6. The number of nitrogens with zero attached hydrogens (tertiary/aromatic N) is 7. The van der Waals surface area contributed by atoms with E-state index in [0.717, 1.165) is 45.8 Å². The lowest BCUT2D eigenvalue weighted by atomic mass is 9.98. The van der Waals surface area contributed by atoms with Crippen LogP contribution in [0.3, 0.4) is 0 Å². The summed E-state index contributed by atoms with van der Waals surface area (Å²) in [5.41, 5.74) is 3.30. The molecule has 1 amide bonds. The highest BCUT2D eigenvalue weighted by molar-refractivity contribution is 7.14. The molecule has 3 aromatic heterocycles. The Morgan fingerprint density at radius 1 is 1.16 bits per heavy atom. The van der Waals surface area contributed by atoms with E-state index >= 15 is 0 Å². The molecular formula is C26H28FN7O2S. The normalized spacial score (nSPS) is 18.0. The lowest BCUT2D eigenvalue weighted by molar-refractivity contribution is -0.135. The highest BCUT2D eigenvalue weighted by Gasteiger charge is 2.38. The van der Waals surface area contributed by atoms with Crippen LogP contribution >= 0.6 is 11.3 Å². The van der Waals surface area contributed by atoms with Gasteiger partial charge >= 0.3 is 0 Å². The smallest absolute Gasteiger partial charge is 0.229 e. The van der Waals surface area contributed by atoms with E-state index in [2.05, 4.69) is 11.8 Å². The quantitative estimate of drug-likeness (QED) is 0.416. The van der Waals surface area contributed by atoms with Crippen molar-refractivity contribution in [3.63, 3.8) is 0 Å². The molecule has 11 heteroatoms. The zero-order valence-corrected chi connectivity index (χ0v) is 21.5. The van der Waals surface area contributed by atoms with E-state index in [9.17, 15) is 14.3 Å². The van der Waals surface area contributed by atoms with Crippen LogP contribution in [0.15, 0.2) is 41.8 Å². The number of imidazole rings is 1. The van der Waals surface area contributed by atoms with Crippen molar-refractivity contribution in [3.8, 4) is 11.3 Å². The van der Waals surface area contributed by atoms with Crippen LogP contribution in [0.4, 0.5) is 21.2 Å². The first-order valence-electron chi connectivity index (χ1n) is 12.5. The van der Waals surface area contributed by atoms with Crippen LogP contribution in [0.1, 0.15) is 19.0 Å². The number of thiazole rings is 1. The molecule has 1 atom stereocenters. The number of aryl methyl sites for hydroxylation is 1. The van der Waals surface area contributed by atoms with Gasteiger partial charge in [0.2, 0.25) is 5.91 Å². The Bertz CT molecular complexity index is 1450. The predicted molar refractivity (Wildman–Crippen MR) is 141 cm³/mol. The van der Waals surface area contributed by atoms with Crippen molar-refractivity contribution in [1.82, 2.24) is 24.5 Å². The van der Waals surface area contributed by atoms with E-state index in [1.54, 1.807) is 17.0 Å². The highest BCUT2D eigenvalue weighted by Crippen LogP contribution is 2.34. The SMILES string of the molecule is CCc1nc2ccc(N3CC(C(=O)N4CCC(O)C4)C3)nn2c1N(C)c1nc(-c2ccc(F)cc2)cs1. The van der Waals surface area contributed by atoms with Crippen molar-refractivity contribution in [3.05, 3.63) is 53.3 Å². The van der Waals surface area contributed by atoms with Crippen LogP contribution in [0.5, 0.6) is 0 Å². The molecule has 1 unspecified atom stereocenters. The monoisotopic (exact) mass is 521 g/mol. The first-order valence-corrected chi connectivity index (χ1v) is 13.3. The number of fused-ring (bicyclic) bond motifs is 1. The van der Waals surface area contributed by atoms with Gasteiger partial charge in [0.05, 0.1) is 23.4 Å². The molecule has 6 rings (SSSR count). The van der Waals surface area contributed by atoms with Crippen LogP contribution in [0.25, 0.3) is 16.9 Å². The van der Waals surface area contributed by atoms with Gasteiger partial charge in [-0.15, -0.1) is 16.4 Å². The number of aliphatic hydroxyl groups excluding tert-OH is 1. The molecule has 2 aliphatic rings. The van der Waals surface area contributed by atoms with Crippen LogP contribution in [-0.4, -0.2) is 74.8 Å². The summed E-state index contributed by atoms with van der Waals surface area (Å²) in [6, 6.07) is 10.2. The second kappa shape index (κ2) is 9.38. The fourth-order valence-electron chi connectivity index (χ4n) is 4.98. The van der Waals surface area contributed by atoms with Gasteiger partial charge in [0, 0.05) is 44.2 Å². The Morgan fingerprint density at radius 3 is 2.65 bits per heavy atom. The largest absolute Gasteiger partial charge is 0.391 e. The number of likely N-dealkylation sites (tertiary alicyclic amines) is 1. The van der Waals surface area contributed by atoms with Gasteiger partial charge in [0.25, 0.3) is 0 Å². The lowest BCUT2D eigenvalue weighted by Crippen LogP contribution is -2.54. The first kappa shape index (κ1) is 23.8. The highest BCUT2D eigenvalue weighted by atomic mass is 32.1. The minimum Gasteiger partial charge on any atom is -0.391 e. The molecule has 9 nitrogen and oxygen atoms in total. The Morgan fingerprint density at radius 2 is 1.95 bits per heavy atom. The fourth-order valence-corrected chi connectivity index (χ4v) is 5.78. The summed E-state index contributed by atoms with van der Waals surface area (Å²) >= 11 is 1.51. The summed E-state index contributed by atoms with van der Waals surface area (Å²) in [5.74, 6) is 1.41. The Balaban J connectivity index is 1.24. The number of aromatic nitrogens is 4. The standard InChI is InChI=1S/C26H28FN7O2S/c1-3-20-24(31(2)26-29-21(15-37-26)16-4-6-18(27)7-5-16)34-22(28-20)8-9-23(30-34)33-12-17(13-33)25(36)32-11-10-19(35)14-32/h4-9,15,17,19,35H,3,10-14H2,1-2H3. The van der Waals surface area contributed by atoms with Gasteiger partial charge in [-0.2, -0.15) is 4.52 Å². The molecule has 0 aliphatic carbocycles. The lowest BCUT2D eigenvalue weighted by Gasteiger charge is -2.40.